The van der Waals surface area contributed by atoms with Gasteiger partial charge in [0.2, 0.25) is 5.91 Å². The largest absolute Gasteiger partial charge is 0.466 e. The van der Waals surface area contributed by atoms with Crippen LogP contribution in [0.1, 0.15) is 431 Å². The van der Waals surface area contributed by atoms with Crippen LogP contribution >= 0.6 is 0 Å². The van der Waals surface area contributed by atoms with Crippen molar-refractivity contribution in [1.29, 1.82) is 0 Å². The number of hydrogen-bond acceptors (Lipinski definition) is 5. The Hall–Kier alpha value is -2.18. The van der Waals surface area contributed by atoms with E-state index < -0.39 is 12.1 Å². The topological polar surface area (TPSA) is 95.9 Å². The predicted octanol–water partition coefficient (Wildman–Crippen LogP) is 26.0. The summed E-state index contributed by atoms with van der Waals surface area (Å²) < 4.78 is 5.51. The quantitative estimate of drug-likeness (QED) is 0.0320. The molecule has 0 rings (SSSR count). The molecule has 512 valence electrons. The van der Waals surface area contributed by atoms with Crippen LogP contribution in [0.3, 0.4) is 0 Å². The minimum absolute atomic E-state index is 0.0111. The first-order chi connectivity index (χ1) is 43.0. The van der Waals surface area contributed by atoms with E-state index in [1.807, 2.05) is 6.08 Å². The molecular formula is C81H153NO5. The lowest BCUT2D eigenvalue weighted by Gasteiger charge is -2.20. The van der Waals surface area contributed by atoms with Gasteiger partial charge in [-0.15, -0.1) is 0 Å². The van der Waals surface area contributed by atoms with Crippen LogP contribution in [0.4, 0.5) is 0 Å². The van der Waals surface area contributed by atoms with Crippen molar-refractivity contribution in [3.8, 4) is 0 Å². The molecule has 0 aliphatic rings. The van der Waals surface area contributed by atoms with Gasteiger partial charge in [-0.25, -0.2) is 0 Å². The van der Waals surface area contributed by atoms with Gasteiger partial charge in [-0.2, -0.15) is 0 Å². The molecule has 6 heteroatoms. The van der Waals surface area contributed by atoms with E-state index in [0.717, 1.165) is 51.4 Å². The van der Waals surface area contributed by atoms with Crippen molar-refractivity contribution in [2.45, 2.75) is 443 Å². The minimum Gasteiger partial charge on any atom is -0.466 e. The van der Waals surface area contributed by atoms with E-state index in [-0.39, 0.29) is 18.5 Å². The molecule has 0 heterocycles. The summed E-state index contributed by atoms with van der Waals surface area (Å²) in [5, 5.41) is 23.3. The number of aliphatic hydroxyl groups excluding tert-OH is 2. The van der Waals surface area contributed by atoms with Crippen LogP contribution in [0, 0.1) is 0 Å². The molecule has 0 aliphatic heterocycles. The number of nitrogens with one attached hydrogen (secondary N) is 1. The van der Waals surface area contributed by atoms with Crippen molar-refractivity contribution in [1.82, 2.24) is 5.32 Å². The molecule has 0 spiro atoms. The van der Waals surface area contributed by atoms with Gasteiger partial charge in [-0.05, 0) is 89.9 Å². The van der Waals surface area contributed by atoms with E-state index in [9.17, 15) is 19.8 Å². The smallest absolute Gasteiger partial charge is 0.305 e. The zero-order chi connectivity index (χ0) is 62.8. The Balaban J connectivity index is 3.38. The summed E-state index contributed by atoms with van der Waals surface area (Å²) >= 11 is 0. The molecule has 3 N–H and O–H groups in total. The normalized spacial score (nSPS) is 12.7. The van der Waals surface area contributed by atoms with Crippen molar-refractivity contribution in [3.05, 3.63) is 48.6 Å². The molecule has 87 heavy (non-hydrogen) atoms. The Morgan fingerprint density at radius 3 is 0.897 bits per heavy atom. The Bertz CT molecular complexity index is 1450. The van der Waals surface area contributed by atoms with Gasteiger partial charge in [0.1, 0.15) is 0 Å². The third kappa shape index (κ3) is 72.8. The second-order valence-electron chi connectivity index (χ2n) is 27.0. The summed E-state index contributed by atoms with van der Waals surface area (Å²) in [6, 6.07) is -0.627. The molecule has 0 aromatic carbocycles. The summed E-state index contributed by atoms with van der Waals surface area (Å²) in [4.78, 5) is 24.6. The molecule has 0 fully saturated rings. The fraction of sp³-hybridized carbons (Fsp3) is 0.877. The fourth-order valence-corrected chi connectivity index (χ4v) is 12.3. The maximum Gasteiger partial charge on any atom is 0.305 e. The first kappa shape index (κ1) is 84.8. The van der Waals surface area contributed by atoms with E-state index in [1.165, 1.54) is 353 Å². The first-order valence-corrected chi connectivity index (χ1v) is 39.4. The van der Waals surface area contributed by atoms with Gasteiger partial charge in [-0.1, -0.05) is 377 Å². The van der Waals surface area contributed by atoms with Crippen LogP contribution < -0.4 is 5.32 Å². The maximum absolute atomic E-state index is 12.5. The monoisotopic (exact) mass is 1220 g/mol. The second kappa shape index (κ2) is 76.3. The Labute approximate surface area is 544 Å². The van der Waals surface area contributed by atoms with Crippen LogP contribution in [-0.2, 0) is 14.3 Å². The second-order valence-corrected chi connectivity index (χ2v) is 27.0. The van der Waals surface area contributed by atoms with E-state index in [0.29, 0.717) is 19.4 Å². The summed E-state index contributed by atoms with van der Waals surface area (Å²) in [5.41, 5.74) is 0. The Morgan fingerprint density at radius 1 is 0.322 bits per heavy atom. The SMILES string of the molecule is CCCCCC/C=C\C/C=C\CCCCCCCCCC(=O)OCCCCCCCCCCCCCC/C=C\CCCCCCCCCCCCCCCCCCC(=O)NC(CO)C(O)/C=C/CCCCCCCCCCCCCCCCCCCC. The van der Waals surface area contributed by atoms with E-state index in [2.05, 4.69) is 55.6 Å². The lowest BCUT2D eigenvalue weighted by atomic mass is 10.0. The Morgan fingerprint density at radius 2 is 0.575 bits per heavy atom. The highest BCUT2D eigenvalue weighted by Gasteiger charge is 2.18. The molecule has 0 saturated carbocycles. The summed E-state index contributed by atoms with van der Waals surface area (Å²) in [5.74, 6) is -0.0505. The van der Waals surface area contributed by atoms with Gasteiger partial charge in [0.05, 0.1) is 25.4 Å². The van der Waals surface area contributed by atoms with Crippen molar-refractivity contribution in [2.75, 3.05) is 13.2 Å². The summed E-state index contributed by atoms with van der Waals surface area (Å²) in [6.07, 6.45) is 101. The molecule has 1 amide bonds. The van der Waals surface area contributed by atoms with Crippen molar-refractivity contribution < 1.29 is 24.5 Å². The van der Waals surface area contributed by atoms with Gasteiger partial charge in [-0.3, -0.25) is 9.59 Å². The van der Waals surface area contributed by atoms with Crippen molar-refractivity contribution in [2.24, 2.45) is 0 Å². The molecule has 0 radical (unpaired) electrons. The third-order valence-corrected chi connectivity index (χ3v) is 18.3. The summed E-state index contributed by atoms with van der Waals surface area (Å²) in [6.45, 7) is 4.93. The molecule has 0 aromatic rings. The van der Waals surface area contributed by atoms with Crippen LogP contribution in [-0.4, -0.2) is 47.4 Å². The molecule has 0 aromatic heterocycles. The van der Waals surface area contributed by atoms with Gasteiger partial charge in [0.15, 0.2) is 0 Å². The zero-order valence-corrected chi connectivity index (χ0v) is 58.8. The fourth-order valence-electron chi connectivity index (χ4n) is 12.3. The third-order valence-electron chi connectivity index (χ3n) is 18.3. The highest BCUT2D eigenvalue weighted by atomic mass is 16.5. The molecule has 0 bridgehead atoms. The molecule has 6 nitrogen and oxygen atoms in total. The number of amides is 1. The van der Waals surface area contributed by atoms with Crippen LogP contribution in [0.2, 0.25) is 0 Å². The number of carbonyl (C=O) groups excluding carboxylic acids is 2. The lowest BCUT2D eigenvalue weighted by Crippen LogP contribution is -2.45. The van der Waals surface area contributed by atoms with Crippen molar-refractivity contribution in [3.63, 3.8) is 0 Å². The van der Waals surface area contributed by atoms with Crippen LogP contribution in [0.5, 0.6) is 0 Å². The average molecular weight is 1220 g/mol. The number of unbranched alkanes of at least 4 members (excludes halogenated alkanes) is 57. The van der Waals surface area contributed by atoms with Crippen LogP contribution in [0.25, 0.3) is 0 Å². The minimum atomic E-state index is -0.844. The van der Waals surface area contributed by atoms with E-state index >= 15 is 0 Å². The number of aliphatic hydroxyl groups is 2. The zero-order valence-electron chi connectivity index (χ0n) is 58.8. The van der Waals surface area contributed by atoms with Gasteiger partial charge in [0.25, 0.3) is 0 Å². The number of ether oxygens (including phenoxy) is 1. The number of allylic oxidation sites excluding steroid dienone is 7. The van der Waals surface area contributed by atoms with Gasteiger partial charge in [0, 0.05) is 12.8 Å². The highest BCUT2D eigenvalue weighted by Crippen LogP contribution is 2.19. The summed E-state index contributed by atoms with van der Waals surface area (Å²) in [7, 11) is 0. The highest BCUT2D eigenvalue weighted by molar-refractivity contribution is 5.76. The average Bonchev–Trinajstić information content (AvgIpc) is 3.53. The Kier molecular flexibility index (Phi) is 74.4. The number of carbonyl (C=O) groups is 2. The number of hydrogen-bond donors (Lipinski definition) is 3. The molecule has 2 atom stereocenters. The predicted molar refractivity (Wildman–Crippen MR) is 384 cm³/mol. The standard InChI is InChI=1S/C81H153NO5/c1-3-5-7-9-11-13-15-17-19-21-23-38-41-45-49-53-57-61-65-69-73-79(84)78(77-83)82-80(85)74-70-66-62-58-54-50-46-42-39-36-34-32-30-28-26-24-25-27-29-31-33-35-37-40-44-48-52-56-60-64-68-72-76-87-81(86)75-71-67-63-59-55-51-47-43-22-20-18-16-14-12-10-8-6-4-2/h14,16,20,22,27,29,69,73,78-79,83-84H,3-13,15,17-19,21,23-26,28,30-68,70-72,74-77H2,1-2H3,(H,82,85)/b16-14-,22-20-,29-27-,73-69+. The van der Waals surface area contributed by atoms with Gasteiger partial charge >= 0.3 is 5.97 Å². The number of esters is 1. The lowest BCUT2D eigenvalue weighted by molar-refractivity contribution is -0.143. The number of rotatable bonds is 74. The van der Waals surface area contributed by atoms with Crippen molar-refractivity contribution >= 4 is 11.9 Å². The van der Waals surface area contributed by atoms with E-state index in [1.54, 1.807) is 6.08 Å². The maximum atomic E-state index is 12.5. The molecule has 0 aliphatic carbocycles. The van der Waals surface area contributed by atoms with Crippen LogP contribution in [0.15, 0.2) is 48.6 Å². The molecule has 2 unspecified atom stereocenters. The van der Waals surface area contributed by atoms with E-state index in [4.69, 9.17) is 4.74 Å². The molecule has 0 saturated heterocycles. The van der Waals surface area contributed by atoms with Gasteiger partial charge < -0.3 is 20.3 Å². The molecular weight excluding hydrogens is 1070 g/mol. The first-order valence-electron chi connectivity index (χ1n) is 39.4.